The maximum Gasteiger partial charge on any atom is 0.185 e. The number of hydrogen-bond donors (Lipinski definition) is 2. The first-order chi connectivity index (χ1) is 8.42. The minimum absolute atomic E-state index is 0.0835. The van der Waals surface area contributed by atoms with Crippen LogP contribution in [0.15, 0.2) is 17.6 Å². The Morgan fingerprint density at radius 3 is 2.83 bits per heavy atom. The minimum atomic E-state index is -3.35. The monoisotopic (exact) mass is 289 g/mol. The molecule has 0 bridgehead atoms. The summed E-state index contributed by atoms with van der Waals surface area (Å²) in [6.45, 7) is 7.43. The molecule has 1 aromatic heterocycles. The van der Waals surface area contributed by atoms with E-state index >= 15 is 0 Å². The molecular formula is C11H19N3O2S2. The number of anilines is 2. The van der Waals surface area contributed by atoms with E-state index in [9.17, 15) is 8.42 Å². The lowest BCUT2D eigenvalue weighted by Gasteiger charge is -2.12. The molecular weight excluding hydrogens is 270 g/mol. The zero-order valence-corrected chi connectivity index (χ0v) is 12.3. The molecule has 0 radical (unpaired) electrons. The lowest BCUT2D eigenvalue weighted by atomic mass is 10.2. The van der Waals surface area contributed by atoms with Crippen molar-refractivity contribution in [3.63, 3.8) is 0 Å². The van der Waals surface area contributed by atoms with Crippen LogP contribution < -0.4 is 11.1 Å². The van der Waals surface area contributed by atoms with Crippen LogP contribution in [0.4, 0.5) is 10.8 Å². The van der Waals surface area contributed by atoms with Crippen LogP contribution in [0.1, 0.15) is 26.7 Å². The fourth-order valence-corrected chi connectivity index (χ4v) is 4.31. The van der Waals surface area contributed by atoms with Crippen molar-refractivity contribution in [3.05, 3.63) is 12.7 Å². The van der Waals surface area contributed by atoms with Gasteiger partial charge in [0.05, 0.1) is 5.75 Å². The van der Waals surface area contributed by atoms with E-state index < -0.39 is 9.84 Å². The average molecular weight is 289 g/mol. The van der Waals surface area contributed by atoms with Crippen molar-refractivity contribution < 1.29 is 8.42 Å². The van der Waals surface area contributed by atoms with Gasteiger partial charge in [0.25, 0.3) is 0 Å². The Hall–Kier alpha value is -1.08. The highest BCUT2D eigenvalue weighted by molar-refractivity contribution is 7.91. The number of rotatable bonds is 7. The van der Waals surface area contributed by atoms with Gasteiger partial charge in [0, 0.05) is 6.04 Å². The Morgan fingerprint density at radius 1 is 1.61 bits per heavy atom. The van der Waals surface area contributed by atoms with E-state index in [1.165, 1.54) is 0 Å². The van der Waals surface area contributed by atoms with Crippen LogP contribution in [-0.4, -0.2) is 24.6 Å². The Balaban J connectivity index is 3.05. The molecule has 1 rings (SSSR count). The highest BCUT2D eigenvalue weighted by Gasteiger charge is 2.25. The number of nitrogen functional groups attached to an aromatic ring is 1. The smallest absolute Gasteiger partial charge is 0.185 e. The second kappa shape index (κ2) is 6.19. The molecule has 1 heterocycles. The van der Waals surface area contributed by atoms with Crippen LogP contribution >= 0.6 is 11.5 Å². The number of nitrogens with two attached hydrogens (primary N) is 1. The molecule has 0 amide bonds. The molecule has 0 saturated carbocycles. The zero-order valence-electron chi connectivity index (χ0n) is 10.6. The van der Waals surface area contributed by atoms with Crippen molar-refractivity contribution in [2.75, 3.05) is 16.8 Å². The maximum atomic E-state index is 12.1. The molecule has 3 N–H and O–H groups in total. The van der Waals surface area contributed by atoms with Crippen molar-refractivity contribution in [3.8, 4) is 0 Å². The maximum absolute atomic E-state index is 12.1. The van der Waals surface area contributed by atoms with E-state index in [0.717, 1.165) is 18.0 Å². The Labute approximate surface area is 112 Å². The summed E-state index contributed by atoms with van der Waals surface area (Å²) in [6, 6.07) is 0.0953. The summed E-state index contributed by atoms with van der Waals surface area (Å²) in [5.41, 5.74) is 5.67. The summed E-state index contributed by atoms with van der Waals surface area (Å²) in [4.78, 5) is 0.144. The van der Waals surface area contributed by atoms with Crippen molar-refractivity contribution in [2.24, 2.45) is 0 Å². The SMILES string of the molecule is C=CCC(C)Nc1snc(N)c1S(=O)(=O)CCC. The van der Waals surface area contributed by atoms with E-state index in [2.05, 4.69) is 16.3 Å². The van der Waals surface area contributed by atoms with Crippen LogP contribution in [0, 0.1) is 0 Å². The van der Waals surface area contributed by atoms with E-state index in [1.807, 2.05) is 13.8 Å². The van der Waals surface area contributed by atoms with Crippen LogP contribution in [-0.2, 0) is 9.84 Å². The molecule has 0 saturated heterocycles. The Morgan fingerprint density at radius 2 is 2.28 bits per heavy atom. The van der Waals surface area contributed by atoms with Crippen LogP contribution in [0.3, 0.4) is 0 Å². The fourth-order valence-electron chi connectivity index (χ4n) is 1.59. The van der Waals surface area contributed by atoms with E-state index in [1.54, 1.807) is 6.08 Å². The molecule has 0 aliphatic heterocycles. The van der Waals surface area contributed by atoms with Crippen LogP contribution in [0.25, 0.3) is 0 Å². The van der Waals surface area contributed by atoms with Crippen molar-refractivity contribution in [1.29, 1.82) is 0 Å². The van der Waals surface area contributed by atoms with E-state index in [4.69, 9.17) is 5.73 Å². The third kappa shape index (κ3) is 3.46. The molecule has 18 heavy (non-hydrogen) atoms. The molecule has 0 aliphatic rings. The van der Waals surface area contributed by atoms with Gasteiger partial charge in [-0.15, -0.1) is 6.58 Å². The van der Waals surface area contributed by atoms with Gasteiger partial charge in [-0.2, -0.15) is 4.37 Å². The van der Waals surface area contributed by atoms with E-state index in [-0.39, 0.29) is 22.5 Å². The van der Waals surface area contributed by atoms with Crippen molar-refractivity contribution >= 4 is 32.2 Å². The molecule has 0 spiro atoms. The average Bonchev–Trinajstić information content (AvgIpc) is 2.60. The van der Waals surface area contributed by atoms with Gasteiger partial charge in [0.2, 0.25) is 0 Å². The first kappa shape index (κ1) is 15.0. The summed E-state index contributed by atoms with van der Waals surface area (Å²) in [6.07, 6.45) is 3.08. The van der Waals surface area contributed by atoms with Gasteiger partial charge in [-0.05, 0) is 31.3 Å². The number of aromatic nitrogens is 1. The normalized spacial score (nSPS) is 13.2. The second-order valence-corrected chi connectivity index (χ2v) is 6.93. The van der Waals surface area contributed by atoms with Gasteiger partial charge in [0.15, 0.2) is 15.7 Å². The summed E-state index contributed by atoms with van der Waals surface area (Å²) in [5.74, 6) is 0.168. The molecule has 1 atom stereocenters. The van der Waals surface area contributed by atoms with Crippen molar-refractivity contribution in [2.45, 2.75) is 37.6 Å². The van der Waals surface area contributed by atoms with Crippen molar-refractivity contribution in [1.82, 2.24) is 4.37 Å². The van der Waals surface area contributed by atoms with Gasteiger partial charge in [-0.25, -0.2) is 8.42 Å². The molecule has 1 aromatic rings. The predicted molar refractivity (Wildman–Crippen MR) is 76.8 cm³/mol. The largest absolute Gasteiger partial charge is 0.382 e. The van der Waals surface area contributed by atoms with E-state index in [0.29, 0.717) is 11.4 Å². The predicted octanol–water partition coefficient (Wildman–Crippen LogP) is 2.29. The van der Waals surface area contributed by atoms with Gasteiger partial charge in [-0.1, -0.05) is 13.0 Å². The molecule has 0 fully saturated rings. The first-order valence-corrected chi connectivity index (χ1v) is 8.20. The highest BCUT2D eigenvalue weighted by Crippen LogP contribution is 2.33. The Kier molecular flexibility index (Phi) is 5.15. The molecule has 5 nitrogen and oxygen atoms in total. The number of nitrogens with one attached hydrogen (secondary N) is 1. The molecule has 0 aromatic carbocycles. The number of hydrogen-bond acceptors (Lipinski definition) is 6. The third-order valence-corrected chi connectivity index (χ3v) is 5.26. The first-order valence-electron chi connectivity index (χ1n) is 5.77. The molecule has 0 aliphatic carbocycles. The molecule has 102 valence electrons. The number of sulfone groups is 1. The lowest BCUT2D eigenvalue weighted by Crippen LogP contribution is -2.16. The van der Waals surface area contributed by atoms with Gasteiger partial charge < -0.3 is 11.1 Å². The summed E-state index contributed by atoms with van der Waals surface area (Å²) in [7, 11) is -3.35. The Bertz CT molecular complexity index is 508. The van der Waals surface area contributed by atoms with Gasteiger partial charge in [0.1, 0.15) is 9.90 Å². The topological polar surface area (TPSA) is 85.1 Å². The molecule has 7 heteroatoms. The molecule has 1 unspecified atom stereocenters. The number of nitrogens with zero attached hydrogens (tertiary/aromatic N) is 1. The van der Waals surface area contributed by atoms with Gasteiger partial charge >= 0.3 is 0 Å². The lowest BCUT2D eigenvalue weighted by molar-refractivity contribution is 0.595. The van der Waals surface area contributed by atoms with Gasteiger partial charge in [-0.3, -0.25) is 0 Å². The third-order valence-electron chi connectivity index (χ3n) is 2.36. The summed E-state index contributed by atoms with van der Waals surface area (Å²) < 4.78 is 28.1. The quantitative estimate of drug-likeness (QED) is 0.752. The standard InChI is InChI=1S/C11H19N3O2S2/c1-4-6-8(3)13-11-9(10(12)14-17-11)18(15,16)7-5-2/h4,8,13H,1,5-7H2,2-3H3,(H2,12,14). The second-order valence-electron chi connectivity index (χ2n) is 4.11. The van der Waals surface area contributed by atoms with Crippen LogP contribution in [0.5, 0.6) is 0 Å². The summed E-state index contributed by atoms with van der Waals surface area (Å²) >= 11 is 1.08. The summed E-state index contributed by atoms with van der Waals surface area (Å²) in [5, 5.41) is 3.65. The highest BCUT2D eigenvalue weighted by atomic mass is 32.2. The zero-order chi connectivity index (χ0) is 13.8. The van der Waals surface area contributed by atoms with Crippen LogP contribution in [0.2, 0.25) is 0 Å². The fraction of sp³-hybridized carbons (Fsp3) is 0.545. The minimum Gasteiger partial charge on any atom is -0.382 e.